The Morgan fingerprint density at radius 1 is 1.30 bits per heavy atom. The quantitative estimate of drug-likeness (QED) is 0.745. The van der Waals surface area contributed by atoms with E-state index in [0.717, 1.165) is 18.8 Å². The Balaban J connectivity index is 1.82. The van der Waals surface area contributed by atoms with E-state index in [1.54, 1.807) is 6.92 Å². The van der Waals surface area contributed by atoms with Crippen LogP contribution in [0.4, 0.5) is 0 Å². The molecular formula is C16H24N4O3. The highest BCUT2D eigenvalue weighted by atomic mass is 16.5. The predicted octanol–water partition coefficient (Wildman–Crippen LogP) is -0.351. The first-order valence-corrected chi connectivity index (χ1v) is 8.05. The van der Waals surface area contributed by atoms with Gasteiger partial charge in [0.25, 0.3) is 0 Å². The van der Waals surface area contributed by atoms with E-state index < -0.39 is 0 Å². The molecule has 0 spiro atoms. The molecule has 23 heavy (non-hydrogen) atoms. The number of carbonyl (C=O) groups excluding carboxylic acids is 1. The van der Waals surface area contributed by atoms with Crippen molar-refractivity contribution in [3.05, 3.63) is 27.9 Å². The predicted molar refractivity (Wildman–Crippen MR) is 85.3 cm³/mol. The van der Waals surface area contributed by atoms with E-state index in [1.165, 1.54) is 4.57 Å². The Bertz CT molecular complexity index is 657. The number of likely N-dealkylation sites (N-methyl/N-ethyl adjacent to an activating group) is 1. The van der Waals surface area contributed by atoms with Crippen molar-refractivity contribution in [3.63, 3.8) is 0 Å². The van der Waals surface area contributed by atoms with E-state index in [2.05, 4.69) is 16.9 Å². The van der Waals surface area contributed by atoms with Gasteiger partial charge in [0.2, 0.25) is 5.91 Å². The number of carbonyl (C=O) groups is 1. The van der Waals surface area contributed by atoms with Crippen LogP contribution < -0.4 is 5.69 Å². The molecule has 7 nitrogen and oxygen atoms in total. The summed E-state index contributed by atoms with van der Waals surface area (Å²) in [5, 5.41) is 0. The minimum Gasteiger partial charge on any atom is -0.379 e. The largest absolute Gasteiger partial charge is 0.379 e. The van der Waals surface area contributed by atoms with Gasteiger partial charge < -0.3 is 14.5 Å². The van der Waals surface area contributed by atoms with Gasteiger partial charge in [0, 0.05) is 36.9 Å². The molecule has 0 N–H and O–H groups in total. The molecule has 2 aliphatic rings. The fourth-order valence-electron chi connectivity index (χ4n) is 3.58. The van der Waals surface area contributed by atoms with Crippen LogP contribution >= 0.6 is 0 Å². The molecule has 1 aromatic heterocycles. The van der Waals surface area contributed by atoms with Crippen LogP contribution in [0, 0.1) is 19.8 Å². The highest BCUT2D eigenvalue weighted by Crippen LogP contribution is 2.19. The standard InChI is InChI=1S/C16H24N4O3/c1-11-4-12(2)19(16(22)17-11)8-15(21)20-6-13-5-18(3)7-14(20)10-23-9-13/h4,13-14H,5-10H2,1-3H3/t13-,14-/m0/s1. The summed E-state index contributed by atoms with van der Waals surface area (Å²) in [7, 11) is 2.08. The molecule has 0 unspecified atom stereocenters. The average Bonchev–Trinajstić information content (AvgIpc) is 2.72. The zero-order valence-corrected chi connectivity index (χ0v) is 14.0. The van der Waals surface area contributed by atoms with Crippen molar-refractivity contribution in [3.8, 4) is 0 Å². The van der Waals surface area contributed by atoms with Crippen molar-refractivity contribution in [1.29, 1.82) is 0 Å². The minimum atomic E-state index is -0.359. The summed E-state index contributed by atoms with van der Waals surface area (Å²) in [6, 6.07) is 1.88. The third kappa shape index (κ3) is 3.45. The number of rotatable bonds is 2. The van der Waals surface area contributed by atoms with E-state index in [9.17, 15) is 9.59 Å². The van der Waals surface area contributed by atoms with Gasteiger partial charge in [-0.2, -0.15) is 4.98 Å². The van der Waals surface area contributed by atoms with Gasteiger partial charge in [-0.15, -0.1) is 0 Å². The number of aromatic nitrogens is 2. The van der Waals surface area contributed by atoms with Crippen LogP contribution in [0.25, 0.3) is 0 Å². The van der Waals surface area contributed by atoms with Crippen LogP contribution in [0.3, 0.4) is 0 Å². The van der Waals surface area contributed by atoms with Gasteiger partial charge in [0.15, 0.2) is 0 Å². The number of nitrogens with zero attached hydrogens (tertiary/aromatic N) is 4. The molecule has 1 amide bonds. The number of ether oxygens (including phenoxy) is 1. The van der Waals surface area contributed by atoms with E-state index in [1.807, 2.05) is 17.9 Å². The Morgan fingerprint density at radius 3 is 2.83 bits per heavy atom. The summed E-state index contributed by atoms with van der Waals surface area (Å²) in [6.07, 6.45) is 0. The van der Waals surface area contributed by atoms with Crippen LogP contribution in [0.2, 0.25) is 0 Å². The second-order valence-electron chi connectivity index (χ2n) is 6.73. The summed E-state index contributed by atoms with van der Waals surface area (Å²) in [4.78, 5) is 33.0. The van der Waals surface area contributed by atoms with Gasteiger partial charge in [-0.25, -0.2) is 4.79 Å². The maximum atomic E-state index is 12.8. The van der Waals surface area contributed by atoms with Crippen LogP contribution in [0.15, 0.2) is 10.9 Å². The van der Waals surface area contributed by atoms with Gasteiger partial charge >= 0.3 is 5.69 Å². The molecule has 3 rings (SSSR count). The summed E-state index contributed by atoms with van der Waals surface area (Å²) in [5.41, 5.74) is 1.08. The van der Waals surface area contributed by atoms with Gasteiger partial charge in [-0.3, -0.25) is 9.36 Å². The maximum absolute atomic E-state index is 12.8. The summed E-state index contributed by atoms with van der Waals surface area (Å²) < 4.78 is 7.16. The molecule has 2 fully saturated rings. The number of hydrogen-bond donors (Lipinski definition) is 0. The molecule has 2 aliphatic heterocycles. The zero-order chi connectivity index (χ0) is 16.6. The van der Waals surface area contributed by atoms with Crippen LogP contribution in [0.1, 0.15) is 11.4 Å². The van der Waals surface area contributed by atoms with Crippen molar-refractivity contribution < 1.29 is 9.53 Å². The minimum absolute atomic E-state index is 0.0309. The Labute approximate surface area is 135 Å². The van der Waals surface area contributed by atoms with E-state index in [-0.39, 0.29) is 24.2 Å². The van der Waals surface area contributed by atoms with Gasteiger partial charge in [0.1, 0.15) is 6.54 Å². The smallest absolute Gasteiger partial charge is 0.348 e. The Hall–Kier alpha value is -1.73. The second-order valence-corrected chi connectivity index (χ2v) is 6.73. The van der Waals surface area contributed by atoms with Gasteiger partial charge in [0.05, 0.1) is 19.3 Å². The lowest BCUT2D eigenvalue weighted by Gasteiger charge is -2.30. The second kappa shape index (κ2) is 6.41. The van der Waals surface area contributed by atoms with Crippen molar-refractivity contribution in [1.82, 2.24) is 19.4 Å². The molecule has 3 heterocycles. The molecule has 0 saturated carbocycles. The highest BCUT2D eigenvalue weighted by Gasteiger charge is 2.34. The third-order valence-corrected chi connectivity index (χ3v) is 4.61. The fourth-order valence-corrected chi connectivity index (χ4v) is 3.58. The fraction of sp³-hybridized carbons (Fsp3) is 0.688. The number of aryl methyl sites for hydroxylation is 2. The van der Waals surface area contributed by atoms with Crippen molar-refractivity contribution in [2.75, 3.05) is 39.9 Å². The van der Waals surface area contributed by atoms with E-state index in [0.29, 0.717) is 31.4 Å². The molecule has 1 aromatic rings. The van der Waals surface area contributed by atoms with Crippen LogP contribution in [-0.2, 0) is 16.1 Å². The first-order valence-electron chi connectivity index (χ1n) is 8.05. The lowest BCUT2D eigenvalue weighted by molar-refractivity contribution is -0.134. The van der Waals surface area contributed by atoms with Crippen molar-refractivity contribution in [2.24, 2.45) is 5.92 Å². The molecule has 0 radical (unpaired) electrons. The van der Waals surface area contributed by atoms with Crippen LogP contribution in [-0.4, -0.2) is 71.2 Å². The molecule has 2 bridgehead atoms. The molecular weight excluding hydrogens is 296 g/mol. The van der Waals surface area contributed by atoms with Gasteiger partial charge in [-0.1, -0.05) is 0 Å². The normalized spacial score (nSPS) is 25.3. The lowest BCUT2D eigenvalue weighted by Crippen LogP contribution is -2.48. The molecule has 7 heteroatoms. The highest BCUT2D eigenvalue weighted by molar-refractivity contribution is 5.76. The first kappa shape index (κ1) is 16.1. The topological polar surface area (TPSA) is 67.7 Å². The van der Waals surface area contributed by atoms with E-state index >= 15 is 0 Å². The number of hydrogen-bond acceptors (Lipinski definition) is 5. The molecule has 2 atom stereocenters. The zero-order valence-electron chi connectivity index (χ0n) is 14.0. The van der Waals surface area contributed by atoms with Crippen molar-refractivity contribution in [2.45, 2.75) is 26.4 Å². The van der Waals surface area contributed by atoms with Crippen LogP contribution in [0.5, 0.6) is 0 Å². The lowest BCUT2D eigenvalue weighted by atomic mass is 10.1. The average molecular weight is 320 g/mol. The first-order chi connectivity index (χ1) is 10.9. The van der Waals surface area contributed by atoms with Crippen molar-refractivity contribution >= 4 is 5.91 Å². The monoisotopic (exact) mass is 320 g/mol. The summed E-state index contributed by atoms with van der Waals surface area (Å²) >= 11 is 0. The number of fused-ring (bicyclic) bond motifs is 3. The van der Waals surface area contributed by atoms with E-state index in [4.69, 9.17) is 4.74 Å². The van der Waals surface area contributed by atoms with Gasteiger partial charge in [-0.05, 0) is 27.0 Å². The molecule has 2 saturated heterocycles. The summed E-state index contributed by atoms with van der Waals surface area (Å²) in [5.74, 6) is 0.294. The molecule has 126 valence electrons. The molecule has 0 aliphatic carbocycles. The Kier molecular flexibility index (Phi) is 4.50. The SMILES string of the molecule is Cc1cc(C)n(CC(=O)N2C[C@H]3COC[C@@H]2CN(C)C3)c(=O)n1. The third-order valence-electron chi connectivity index (χ3n) is 4.61. The number of amides is 1. The maximum Gasteiger partial charge on any atom is 0.348 e. The summed E-state index contributed by atoms with van der Waals surface area (Å²) in [6.45, 7) is 7.36. The Morgan fingerprint density at radius 2 is 2.09 bits per heavy atom. The molecule has 0 aromatic carbocycles.